The van der Waals surface area contributed by atoms with Gasteiger partial charge in [-0.25, -0.2) is 0 Å². The standard InChI is InChI=1S/C10H13NO3S2.Na/c1-3-5-7(10(13)14)11-8(15)6(4(2)12)9(11)16-5;/h4,6,9,12H,3H2,1-2H3,(H,13,14);/q;+1/p-1/t4?,6-,9-;/m1./s1. The molecule has 1 fully saturated rings. The number of carbonyl (C=O) groups excluding carboxylic acids is 1. The topological polar surface area (TPSA) is 63.6 Å². The molecule has 0 radical (unpaired) electrons. The maximum atomic E-state index is 11.0. The predicted octanol–water partition coefficient (Wildman–Crippen LogP) is -2.93. The molecule has 1 N–H and O–H groups in total. The Morgan fingerprint density at radius 2 is 2.29 bits per heavy atom. The van der Waals surface area contributed by atoms with Crippen LogP contribution in [0.15, 0.2) is 10.6 Å². The van der Waals surface area contributed by atoms with Gasteiger partial charge < -0.3 is 19.9 Å². The molecule has 3 atom stereocenters. The molecule has 0 aliphatic carbocycles. The third kappa shape index (κ3) is 2.31. The van der Waals surface area contributed by atoms with Crippen molar-refractivity contribution < 1.29 is 44.6 Å². The van der Waals surface area contributed by atoms with E-state index in [2.05, 4.69) is 0 Å². The smallest absolute Gasteiger partial charge is 0.543 e. The van der Waals surface area contributed by atoms with E-state index in [1.165, 1.54) is 11.8 Å². The molecule has 1 unspecified atom stereocenters. The van der Waals surface area contributed by atoms with E-state index >= 15 is 0 Å². The fourth-order valence-electron chi connectivity index (χ4n) is 2.09. The number of carbonyl (C=O) groups is 1. The van der Waals surface area contributed by atoms with Crippen LogP contribution in [0.2, 0.25) is 0 Å². The van der Waals surface area contributed by atoms with E-state index in [-0.39, 0.29) is 46.5 Å². The Morgan fingerprint density at radius 1 is 1.71 bits per heavy atom. The van der Waals surface area contributed by atoms with Crippen LogP contribution in [0.5, 0.6) is 0 Å². The van der Waals surface area contributed by atoms with Crippen molar-refractivity contribution >= 4 is 34.9 Å². The fourth-order valence-corrected chi connectivity index (χ4v) is 4.36. The number of rotatable bonds is 3. The van der Waals surface area contributed by atoms with Crippen molar-refractivity contribution in [3.8, 4) is 0 Å². The molecule has 7 heteroatoms. The molecular weight excluding hydrogens is 269 g/mol. The van der Waals surface area contributed by atoms with Crippen LogP contribution < -0.4 is 34.7 Å². The van der Waals surface area contributed by atoms with Gasteiger partial charge in [0.1, 0.15) is 0 Å². The van der Waals surface area contributed by atoms with Crippen LogP contribution in [-0.2, 0) is 4.79 Å². The zero-order chi connectivity index (χ0) is 12.0. The zero-order valence-electron chi connectivity index (χ0n) is 9.97. The fraction of sp³-hybridized carbons (Fsp3) is 0.600. The summed E-state index contributed by atoms with van der Waals surface area (Å²) in [5.74, 6) is -1.31. The van der Waals surface area contributed by atoms with Crippen molar-refractivity contribution in [3.05, 3.63) is 10.6 Å². The second-order valence-corrected chi connectivity index (χ2v) is 5.53. The molecule has 0 aromatic heterocycles. The van der Waals surface area contributed by atoms with Crippen LogP contribution in [0, 0.1) is 5.92 Å². The number of aliphatic hydroxyl groups is 1. The number of allylic oxidation sites excluding steroid dienone is 1. The molecule has 0 saturated carbocycles. The van der Waals surface area contributed by atoms with Crippen LogP contribution in [0.1, 0.15) is 20.3 Å². The normalized spacial score (nSPS) is 28.4. The van der Waals surface area contributed by atoms with Gasteiger partial charge in [-0.05, 0) is 13.3 Å². The third-order valence-electron chi connectivity index (χ3n) is 2.89. The molecule has 0 aromatic carbocycles. The van der Waals surface area contributed by atoms with Gasteiger partial charge in [-0.3, -0.25) is 0 Å². The largest absolute Gasteiger partial charge is 1.00 e. The quantitative estimate of drug-likeness (QED) is 0.442. The molecule has 2 rings (SSSR count). The molecule has 0 amide bonds. The predicted molar refractivity (Wildman–Crippen MR) is 63.3 cm³/mol. The van der Waals surface area contributed by atoms with E-state index in [0.29, 0.717) is 11.4 Å². The van der Waals surface area contributed by atoms with Crippen LogP contribution in [0.3, 0.4) is 0 Å². The minimum absolute atomic E-state index is 0. The minimum atomic E-state index is -1.18. The molecule has 2 aliphatic heterocycles. The molecule has 1 saturated heterocycles. The first-order valence-corrected chi connectivity index (χ1v) is 6.40. The van der Waals surface area contributed by atoms with E-state index < -0.39 is 12.1 Å². The number of nitrogens with zero attached hydrogens (tertiary/aromatic N) is 1. The summed E-state index contributed by atoms with van der Waals surface area (Å²) >= 11 is 6.62. The van der Waals surface area contributed by atoms with Crippen molar-refractivity contribution in [2.75, 3.05) is 0 Å². The number of carboxylic acids is 1. The molecule has 2 aliphatic rings. The molecular formula is C10H12NNaO3S2. The molecule has 0 aromatic rings. The van der Waals surface area contributed by atoms with Gasteiger partial charge in [0, 0.05) is 4.91 Å². The van der Waals surface area contributed by atoms with Gasteiger partial charge in [0.05, 0.1) is 34.1 Å². The van der Waals surface area contributed by atoms with Crippen LogP contribution in [0.4, 0.5) is 0 Å². The first kappa shape index (κ1) is 15.5. The van der Waals surface area contributed by atoms with Crippen LogP contribution in [-0.4, -0.2) is 32.4 Å². The second kappa shape index (κ2) is 5.59. The number of aliphatic carboxylic acids is 1. The molecule has 4 nitrogen and oxygen atoms in total. The van der Waals surface area contributed by atoms with Gasteiger partial charge in [-0.2, -0.15) is 0 Å². The van der Waals surface area contributed by atoms with E-state index in [1.807, 2.05) is 6.92 Å². The van der Waals surface area contributed by atoms with Crippen LogP contribution in [0.25, 0.3) is 0 Å². The molecule has 0 spiro atoms. The van der Waals surface area contributed by atoms with Crippen molar-refractivity contribution in [1.29, 1.82) is 0 Å². The Hall–Kier alpha value is 0.410. The monoisotopic (exact) mass is 281 g/mol. The maximum Gasteiger partial charge on any atom is 1.00 e. The summed E-state index contributed by atoms with van der Waals surface area (Å²) in [6.45, 7) is 3.58. The zero-order valence-corrected chi connectivity index (χ0v) is 13.6. The first-order valence-electron chi connectivity index (χ1n) is 5.11. The number of carboxylic acid groups (broad SMARTS) is 1. The van der Waals surface area contributed by atoms with E-state index in [1.54, 1.807) is 11.8 Å². The number of thioether (sulfide) groups is 1. The van der Waals surface area contributed by atoms with Crippen LogP contribution >= 0.6 is 24.0 Å². The van der Waals surface area contributed by atoms with Gasteiger partial charge in [-0.15, -0.1) is 11.8 Å². The van der Waals surface area contributed by atoms with Crippen molar-refractivity contribution in [3.63, 3.8) is 0 Å². The van der Waals surface area contributed by atoms with E-state index in [0.717, 1.165) is 4.91 Å². The Bertz CT molecular complexity index is 397. The average Bonchev–Trinajstić information content (AvgIpc) is 2.51. The van der Waals surface area contributed by atoms with E-state index in [9.17, 15) is 15.0 Å². The average molecular weight is 281 g/mol. The summed E-state index contributed by atoms with van der Waals surface area (Å²) in [7, 11) is 0. The Kier molecular flexibility index (Phi) is 5.08. The summed E-state index contributed by atoms with van der Waals surface area (Å²) in [5, 5.41) is 20.5. The molecule has 88 valence electrons. The van der Waals surface area contributed by atoms with Crippen molar-refractivity contribution in [2.24, 2.45) is 5.92 Å². The van der Waals surface area contributed by atoms with Crippen molar-refractivity contribution in [2.45, 2.75) is 31.7 Å². The molecule has 0 bridgehead atoms. The Balaban J connectivity index is 0.00000144. The van der Waals surface area contributed by atoms with Gasteiger partial charge >= 0.3 is 29.6 Å². The third-order valence-corrected chi connectivity index (χ3v) is 4.87. The summed E-state index contributed by atoms with van der Waals surface area (Å²) in [5.41, 5.74) is 0.194. The minimum Gasteiger partial charge on any atom is -0.543 e. The SMILES string of the molecule is CCC1=C(C(=O)[O-])N2C(=S)[C@@H](C(C)O)[C@H]2S1.[Na+]. The Morgan fingerprint density at radius 3 is 2.71 bits per heavy atom. The second-order valence-electron chi connectivity index (χ2n) is 3.90. The van der Waals surface area contributed by atoms with Gasteiger partial charge in [0.15, 0.2) is 0 Å². The Labute approximate surface area is 132 Å². The van der Waals surface area contributed by atoms with Crippen molar-refractivity contribution in [1.82, 2.24) is 4.90 Å². The molecule has 17 heavy (non-hydrogen) atoms. The number of fused-ring (bicyclic) bond motifs is 1. The number of aliphatic hydroxyl groups excluding tert-OH is 1. The summed E-state index contributed by atoms with van der Waals surface area (Å²) in [4.78, 5) is 13.9. The summed E-state index contributed by atoms with van der Waals surface area (Å²) in [6, 6.07) is 0. The molecule has 2 heterocycles. The maximum absolute atomic E-state index is 11.0. The van der Waals surface area contributed by atoms with E-state index in [4.69, 9.17) is 12.2 Å². The first-order chi connectivity index (χ1) is 7.49. The van der Waals surface area contributed by atoms with Gasteiger partial charge in [0.25, 0.3) is 0 Å². The van der Waals surface area contributed by atoms with Gasteiger partial charge in [-0.1, -0.05) is 19.1 Å². The number of hydrogen-bond donors (Lipinski definition) is 1. The summed E-state index contributed by atoms with van der Waals surface area (Å²) < 4.78 is 0. The number of hydrogen-bond acceptors (Lipinski definition) is 5. The summed E-state index contributed by atoms with van der Waals surface area (Å²) in [6.07, 6.45) is 0.108. The number of thiocarbonyl (C=S) groups is 1. The van der Waals surface area contributed by atoms with Gasteiger partial charge in [0.2, 0.25) is 0 Å².